The lowest BCUT2D eigenvalue weighted by atomic mass is 10.1. The number of hydrogen-bond acceptors (Lipinski definition) is 7. The first-order chi connectivity index (χ1) is 15.1. The van der Waals surface area contributed by atoms with Crippen molar-refractivity contribution in [2.75, 3.05) is 35.7 Å². The highest BCUT2D eigenvalue weighted by atomic mass is 19.1. The fourth-order valence-electron chi connectivity index (χ4n) is 4.22. The fourth-order valence-corrected chi connectivity index (χ4v) is 4.22. The maximum Gasteiger partial charge on any atom is 0.243 e. The molecule has 1 fully saturated rings. The Morgan fingerprint density at radius 1 is 1.19 bits per heavy atom. The summed E-state index contributed by atoms with van der Waals surface area (Å²) in [4.78, 5) is 15.8. The Morgan fingerprint density at radius 3 is 2.71 bits per heavy atom. The van der Waals surface area contributed by atoms with E-state index >= 15 is 0 Å². The molecular weight excluding hydrogens is 395 g/mol. The number of piperidine rings is 1. The number of rotatable bonds is 8. The summed E-state index contributed by atoms with van der Waals surface area (Å²) in [6, 6.07) is 1.85. The van der Waals surface area contributed by atoms with E-state index in [-0.39, 0.29) is 11.9 Å². The molecule has 8 nitrogen and oxygen atoms in total. The Morgan fingerprint density at radius 2 is 2.00 bits per heavy atom. The van der Waals surface area contributed by atoms with Gasteiger partial charge in [-0.3, -0.25) is 0 Å². The Balaban J connectivity index is 1.57. The minimum Gasteiger partial charge on any atom is -0.380 e. The van der Waals surface area contributed by atoms with E-state index in [1.807, 2.05) is 13.1 Å². The summed E-state index contributed by atoms with van der Waals surface area (Å²) in [5, 5.41) is 7.58. The normalized spacial score (nSPS) is 15.4. The van der Waals surface area contributed by atoms with Crippen molar-refractivity contribution in [2.45, 2.75) is 58.4 Å². The van der Waals surface area contributed by atoms with Crippen LogP contribution in [0.25, 0.3) is 5.65 Å². The average Bonchev–Trinajstić information content (AvgIpc) is 3.17. The zero-order chi connectivity index (χ0) is 21.8. The van der Waals surface area contributed by atoms with E-state index in [0.717, 1.165) is 36.6 Å². The molecule has 0 radical (unpaired) electrons. The number of imidazole rings is 1. The largest absolute Gasteiger partial charge is 0.380 e. The third-order valence-corrected chi connectivity index (χ3v) is 5.76. The van der Waals surface area contributed by atoms with E-state index in [1.165, 1.54) is 24.8 Å². The van der Waals surface area contributed by atoms with Crippen LogP contribution in [-0.2, 0) is 6.42 Å². The molecule has 0 bridgehead atoms. The van der Waals surface area contributed by atoms with Gasteiger partial charge in [0.25, 0.3) is 0 Å². The van der Waals surface area contributed by atoms with Crippen molar-refractivity contribution in [1.29, 1.82) is 0 Å². The number of hydrogen-bond donors (Lipinski definition) is 2. The van der Waals surface area contributed by atoms with Gasteiger partial charge >= 0.3 is 0 Å². The maximum absolute atomic E-state index is 13.3. The van der Waals surface area contributed by atoms with Gasteiger partial charge in [0.15, 0.2) is 11.5 Å². The van der Waals surface area contributed by atoms with Gasteiger partial charge in [-0.05, 0) is 43.7 Å². The first kappa shape index (κ1) is 21.3. The second-order valence-corrected chi connectivity index (χ2v) is 8.30. The predicted molar refractivity (Wildman–Crippen MR) is 121 cm³/mol. The van der Waals surface area contributed by atoms with Crippen molar-refractivity contribution in [2.24, 2.45) is 0 Å². The number of fused-ring (bicyclic) bond motifs is 1. The number of anilines is 3. The van der Waals surface area contributed by atoms with E-state index in [9.17, 15) is 4.39 Å². The molecule has 31 heavy (non-hydrogen) atoms. The Labute approximate surface area is 182 Å². The number of aryl methyl sites for hydroxylation is 1. The first-order valence-electron chi connectivity index (χ1n) is 11.1. The Hall–Kier alpha value is -2.97. The minimum atomic E-state index is -0.486. The molecule has 4 rings (SSSR count). The zero-order valence-corrected chi connectivity index (χ0v) is 18.3. The smallest absolute Gasteiger partial charge is 0.243 e. The topological polar surface area (TPSA) is 97.3 Å². The van der Waals surface area contributed by atoms with E-state index < -0.39 is 6.67 Å². The highest BCUT2D eigenvalue weighted by Crippen LogP contribution is 2.23. The number of nitrogens with two attached hydrogens (primary N) is 1. The summed E-state index contributed by atoms with van der Waals surface area (Å²) in [5.74, 6) is 1.66. The van der Waals surface area contributed by atoms with Gasteiger partial charge in [0.1, 0.15) is 12.5 Å². The van der Waals surface area contributed by atoms with Gasteiger partial charge in [0.2, 0.25) is 5.95 Å². The number of nitrogens with zero attached hydrogens (tertiary/aromatic N) is 6. The van der Waals surface area contributed by atoms with Crippen LogP contribution in [0.5, 0.6) is 0 Å². The summed E-state index contributed by atoms with van der Waals surface area (Å²) < 4.78 is 15.0. The molecule has 0 aliphatic carbocycles. The summed E-state index contributed by atoms with van der Waals surface area (Å²) >= 11 is 0. The Bertz CT molecular complexity index is 1030. The van der Waals surface area contributed by atoms with Gasteiger partial charge in [-0.1, -0.05) is 19.4 Å². The molecule has 0 spiro atoms. The van der Waals surface area contributed by atoms with Gasteiger partial charge in [0, 0.05) is 25.7 Å². The van der Waals surface area contributed by atoms with Crippen molar-refractivity contribution in [1.82, 2.24) is 24.6 Å². The highest BCUT2D eigenvalue weighted by molar-refractivity contribution is 5.61. The number of pyridine rings is 1. The van der Waals surface area contributed by atoms with Crippen LogP contribution in [-0.4, -0.2) is 50.4 Å². The van der Waals surface area contributed by atoms with Crippen LogP contribution < -0.4 is 16.0 Å². The summed E-state index contributed by atoms with van der Waals surface area (Å²) in [7, 11) is 0. The van der Waals surface area contributed by atoms with Crippen molar-refractivity contribution in [3.05, 3.63) is 35.3 Å². The second kappa shape index (κ2) is 9.45. The molecule has 1 aliphatic rings. The fraction of sp³-hybridized carbons (Fsp3) is 0.545. The molecule has 3 aromatic rings. The molecule has 3 aromatic heterocycles. The minimum absolute atomic E-state index is 0.271. The van der Waals surface area contributed by atoms with Crippen LogP contribution in [0.15, 0.2) is 18.5 Å². The second-order valence-electron chi connectivity index (χ2n) is 8.30. The standard InChI is InChI=1S/C22H31FN8/c1-3-7-17(12-23)27-22-28-19(24)21-26-14-18(31(21)29-22)11-16-10-15(2)20(25-13-16)30-8-5-4-6-9-30/h10,13-14,17H,3-9,11-12H2,1-2H3,(H3,24,27,28,29)/t17-/m0/s1. The molecule has 1 atom stereocenters. The van der Waals surface area contributed by atoms with Crippen molar-refractivity contribution < 1.29 is 4.39 Å². The van der Waals surface area contributed by atoms with Crippen molar-refractivity contribution in [3.8, 4) is 0 Å². The summed E-state index contributed by atoms with van der Waals surface area (Å²) in [5.41, 5.74) is 9.74. The first-order valence-corrected chi connectivity index (χ1v) is 11.1. The van der Waals surface area contributed by atoms with Crippen molar-refractivity contribution >= 4 is 23.2 Å². The molecule has 0 saturated carbocycles. The van der Waals surface area contributed by atoms with Crippen LogP contribution in [0.4, 0.5) is 22.0 Å². The number of aromatic nitrogens is 5. The summed E-state index contributed by atoms with van der Waals surface area (Å²) in [6.45, 7) is 5.79. The van der Waals surface area contributed by atoms with Crippen molar-refractivity contribution in [3.63, 3.8) is 0 Å². The quantitative estimate of drug-likeness (QED) is 0.568. The van der Waals surface area contributed by atoms with Gasteiger partial charge in [0.05, 0.1) is 17.9 Å². The molecular formula is C22H31FN8. The highest BCUT2D eigenvalue weighted by Gasteiger charge is 2.17. The molecule has 3 N–H and O–H groups in total. The van der Waals surface area contributed by atoms with Gasteiger partial charge in [-0.25, -0.2) is 18.9 Å². The molecule has 166 valence electrons. The van der Waals surface area contributed by atoms with Gasteiger partial charge in [-0.2, -0.15) is 4.98 Å². The molecule has 0 amide bonds. The van der Waals surface area contributed by atoms with Crippen LogP contribution in [0.2, 0.25) is 0 Å². The SMILES string of the molecule is CCC[C@@H](CF)Nc1nc(N)c2ncc(Cc3cnc(N4CCCCC4)c(C)c3)n2n1. The molecule has 0 aromatic carbocycles. The van der Waals surface area contributed by atoms with Crippen LogP contribution >= 0.6 is 0 Å². The molecule has 0 unspecified atom stereocenters. The monoisotopic (exact) mass is 426 g/mol. The zero-order valence-electron chi connectivity index (χ0n) is 18.3. The van der Waals surface area contributed by atoms with Crippen LogP contribution in [0.3, 0.4) is 0 Å². The molecule has 4 heterocycles. The third kappa shape index (κ3) is 4.70. The van der Waals surface area contributed by atoms with E-state index in [4.69, 9.17) is 10.7 Å². The van der Waals surface area contributed by atoms with Gasteiger partial charge < -0.3 is 16.0 Å². The number of nitrogens with one attached hydrogen (secondary N) is 1. The van der Waals surface area contributed by atoms with Crippen LogP contribution in [0.1, 0.15) is 55.8 Å². The van der Waals surface area contributed by atoms with E-state index in [2.05, 4.69) is 38.3 Å². The Kier molecular flexibility index (Phi) is 6.48. The number of nitrogen functional groups attached to an aromatic ring is 1. The summed E-state index contributed by atoms with van der Waals surface area (Å²) in [6.07, 6.45) is 9.63. The lowest BCUT2D eigenvalue weighted by molar-refractivity contribution is 0.426. The lowest BCUT2D eigenvalue weighted by Gasteiger charge is -2.29. The lowest BCUT2D eigenvalue weighted by Crippen LogP contribution is -2.30. The van der Waals surface area contributed by atoms with Crippen LogP contribution in [0, 0.1) is 6.92 Å². The molecule has 1 aliphatic heterocycles. The maximum atomic E-state index is 13.3. The molecule has 1 saturated heterocycles. The average molecular weight is 427 g/mol. The van der Waals surface area contributed by atoms with E-state index in [1.54, 1.807) is 10.7 Å². The molecule has 9 heteroatoms. The third-order valence-electron chi connectivity index (χ3n) is 5.76. The van der Waals surface area contributed by atoms with E-state index in [0.29, 0.717) is 24.4 Å². The predicted octanol–water partition coefficient (Wildman–Crippen LogP) is 3.54. The number of alkyl halides is 1. The van der Waals surface area contributed by atoms with Gasteiger partial charge in [-0.15, -0.1) is 5.10 Å². The number of halogens is 1.